The van der Waals surface area contributed by atoms with Crippen molar-refractivity contribution in [3.8, 4) is 11.5 Å². The van der Waals surface area contributed by atoms with Crippen LogP contribution in [-0.2, 0) is 11.2 Å². The minimum atomic E-state index is 0.0594. The number of carbonyl (C=O) groups is 1. The van der Waals surface area contributed by atoms with Crippen LogP contribution in [-0.4, -0.2) is 26.2 Å². The molecule has 0 bridgehead atoms. The summed E-state index contributed by atoms with van der Waals surface area (Å²) in [5.41, 5.74) is 0.816. The summed E-state index contributed by atoms with van der Waals surface area (Å²) >= 11 is 1.59. The molecule has 1 aromatic carbocycles. The zero-order chi connectivity index (χ0) is 13.9. The van der Waals surface area contributed by atoms with Gasteiger partial charge in [0.15, 0.2) is 11.5 Å². The zero-order valence-corrected chi connectivity index (χ0v) is 12.0. The first-order valence-electron chi connectivity index (χ1n) is 6.42. The summed E-state index contributed by atoms with van der Waals surface area (Å²) in [5.74, 6) is 1.49. The normalized spacial score (nSPS) is 13.1. The first-order chi connectivity index (χ1) is 9.74. The van der Waals surface area contributed by atoms with Gasteiger partial charge in [-0.3, -0.25) is 4.79 Å². The van der Waals surface area contributed by atoms with Crippen LogP contribution >= 0.6 is 11.3 Å². The Hall–Kier alpha value is -2.01. The average Bonchev–Trinajstić information content (AvgIpc) is 2.99. The van der Waals surface area contributed by atoms with Gasteiger partial charge in [0.2, 0.25) is 5.91 Å². The fourth-order valence-corrected chi connectivity index (χ4v) is 2.76. The molecule has 0 aliphatic carbocycles. The van der Waals surface area contributed by atoms with Gasteiger partial charge in [-0.05, 0) is 23.6 Å². The maximum Gasteiger partial charge on any atom is 0.231 e. The molecule has 0 saturated carbocycles. The second-order valence-corrected chi connectivity index (χ2v) is 5.57. The highest BCUT2D eigenvalue weighted by molar-refractivity contribution is 7.10. The molecular weight excluding hydrogens is 274 g/mol. The Morgan fingerprint density at radius 2 is 2.05 bits per heavy atom. The van der Waals surface area contributed by atoms with Crippen LogP contribution in [0.4, 0.5) is 5.69 Å². The van der Waals surface area contributed by atoms with E-state index in [0.29, 0.717) is 25.4 Å². The zero-order valence-electron chi connectivity index (χ0n) is 11.2. The van der Waals surface area contributed by atoms with Gasteiger partial charge in [-0.25, -0.2) is 0 Å². The van der Waals surface area contributed by atoms with E-state index in [1.807, 2.05) is 35.7 Å². The Morgan fingerprint density at radius 3 is 2.80 bits per heavy atom. The van der Waals surface area contributed by atoms with E-state index in [-0.39, 0.29) is 5.91 Å². The van der Waals surface area contributed by atoms with Crippen molar-refractivity contribution in [2.75, 3.05) is 25.2 Å². The Bertz CT molecular complexity index is 610. The number of ether oxygens (including phenoxy) is 2. The molecular formula is C15H15NO3S. The van der Waals surface area contributed by atoms with E-state index in [1.54, 1.807) is 23.3 Å². The minimum absolute atomic E-state index is 0.0594. The Morgan fingerprint density at radius 1 is 1.25 bits per heavy atom. The molecule has 1 aliphatic heterocycles. The summed E-state index contributed by atoms with van der Waals surface area (Å²) < 4.78 is 11.0. The minimum Gasteiger partial charge on any atom is -0.486 e. The highest BCUT2D eigenvalue weighted by Gasteiger charge is 2.16. The molecule has 5 heteroatoms. The van der Waals surface area contributed by atoms with Gasteiger partial charge in [-0.1, -0.05) is 6.07 Å². The monoisotopic (exact) mass is 289 g/mol. The Balaban J connectivity index is 1.76. The summed E-state index contributed by atoms with van der Waals surface area (Å²) in [6.45, 7) is 1.11. The Labute approximate surface area is 121 Å². The standard InChI is InChI=1S/C15H15NO3S/c1-16(15(17)10-12-3-2-8-20-12)11-4-5-13-14(9-11)19-7-6-18-13/h2-5,8-9H,6-7,10H2,1H3. The molecule has 1 amide bonds. The lowest BCUT2D eigenvalue weighted by Gasteiger charge is -2.22. The van der Waals surface area contributed by atoms with Crippen molar-refractivity contribution in [3.05, 3.63) is 40.6 Å². The van der Waals surface area contributed by atoms with Crippen LogP contribution < -0.4 is 14.4 Å². The summed E-state index contributed by atoms with van der Waals surface area (Å²) in [5, 5.41) is 1.98. The van der Waals surface area contributed by atoms with Gasteiger partial charge in [-0.15, -0.1) is 11.3 Å². The van der Waals surface area contributed by atoms with E-state index >= 15 is 0 Å². The van der Waals surface area contributed by atoms with E-state index < -0.39 is 0 Å². The van der Waals surface area contributed by atoms with Gasteiger partial charge >= 0.3 is 0 Å². The topological polar surface area (TPSA) is 38.8 Å². The molecule has 0 spiro atoms. The maximum atomic E-state index is 12.2. The van der Waals surface area contributed by atoms with Crippen LogP contribution in [0.25, 0.3) is 0 Å². The highest BCUT2D eigenvalue weighted by atomic mass is 32.1. The number of fused-ring (bicyclic) bond motifs is 1. The quantitative estimate of drug-likeness (QED) is 0.872. The second kappa shape index (κ2) is 5.54. The molecule has 0 saturated heterocycles. The van der Waals surface area contributed by atoms with Crippen molar-refractivity contribution < 1.29 is 14.3 Å². The third-order valence-electron chi connectivity index (χ3n) is 3.19. The van der Waals surface area contributed by atoms with Crippen LogP contribution in [0.3, 0.4) is 0 Å². The summed E-state index contributed by atoms with van der Waals surface area (Å²) in [6.07, 6.45) is 0.419. The third kappa shape index (κ3) is 2.63. The van der Waals surface area contributed by atoms with Crippen LogP contribution in [0.1, 0.15) is 4.88 Å². The number of hydrogen-bond donors (Lipinski definition) is 0. The lowest BCUT2D eigenvalue weighted by molar-refractivity contribution is -0.117. The average molecular weight is 289 g/mol. The fraction of sp³-hybridized carbons (Fsp3) is 0.267. The molecule has 0 N–H and O–H groups in total. The van der Waals surface area contributed by atoms with Crippen molar-refractivity contribution in [2.45, 2.75) is 6.42 Å². The van der Waals surface area contributed by atoms with Gasteiger partial charge in [-0.2, -0.15) is 0 Å². The van der Waals surface area contributed by atoms with E-state index in [4.69, 9.17) is 9.47 Å². The van der Waals surface area contributed by atoms with Gasteiger partial charge in [0, 0.05) is 23.7 Å². The maximum absolute atomic E-state index is 12.2. The fourth-order valence-electron chi connectivity index (χ4n) is 2.07. The number of carbonyl (C=O) groups excluding carboxylic acids is 1. The second-order valence-electron chi connectivity index (χ2n) is 4.54. The predicted molar refractivity (Wildman–Crippen MR) is 78.9 cm³/mol. The molecule has 0 fully saturated rings. The van der Waals surface area contributed by atoms with E-state index in [2.05, 4.69) is 0 Å². The highest BCUT2D eigenvalue weighted by Crippen LogP contribution is 2.33. The molecule has 20 heavy (non-hydrogen) atoms. The first kappa shape index (κ1) is 13.0. The molecule has 1 aromatic heterocycles. The molecule has 0 unspecified atom stereocenters. The summed E-state index contributed by atoms with van der Waals surface area (Å²) in [4.78, 5) is 15.0. The lowest BCUT2D eigenvalue weighted by atomic mass is 10.2. The van der Waals surface area contributed by atoms with E-state index in [9.17, 15) is 4.79 Å². The molecule has 3 rings (SSSR count). The van der Waals surface area contributed by atoms with Crippen LogP contribution in [0.2, 0.25) is 0 Å². The van der Waals surface area contributed by atoms with Crippen molar-refractivity contribution in [1.29, 1.82) is 0 Å². The van der Waals surface area contributed by atoms with E-state index in [1.165, 1.54) is 0 Å². The largest absolute Gasteiger partial charge is 0.486 e. The first-order valence-corrected chi connectivity index (χ1v) is 7.30. The third-order valence-corrected chi connectivity index (χ3v) is 4.07. The van der Waals surface area contributed by atoms with Gasteiger partial charge in [0.25, 0.3) is 0 Å². The molecule has 4 nitrogen and oxygen atoms in total. The summed E-state index contributed by atoms with van der Waals surface area (Å²) in [6, 6.07) is 9.50. The number of likely N-dealkylation sites (N-methyl/N-ethyl adjacent to an activating group) is 1. The number of hydrogen-bond acceptors (Lipinski definition) is 4. The van der Waals surface area contributed by atoms with Crippen LogP contribution in [0.15, 0.2) is 35.7 Å². The number of rotatable bonds is 3. The predicted octanol–water partition coefficient (Wildman–Crippen LogP) is 2.72. The SMILES string of the molecule is CN(C(=O)Cc1cccs1)c1ccc2c(c1)OCCO2. The van der Waals surface area contributed by atoms with Gasteiger partial charge in [0.05, 0.1) is 6.42 Å². The molecule has 2 heterocycles. The number of nitrogens with zero attached hydrogens (tertiary/aromatic N) is 1. The van der Waals surface area contributed by atoms with Gasteiger partial charge in [0.1, 0.15) is 13.2 Å². The Kier molecular flexibility index (Phi) is 3.60. The number of anilines is 1. The summed E-state index contributed by atoms with van der Waals surface area (Å²) in [7, 11) is 1.78. The van der Waals surface area contributed by atoms with Gasteiger partial charge < -0.3 is 14.4 Å². The van der Waals surface area contributed by atoms with E-state index in [0.717, 1.165) is 16.3 Å². The van der Waals surface area contributed by atoms with Crippen molar-refractivity contribution in [1.82, 2.24) is 0 Å². The molecule has 0 atom stereocenters. The molecule has 104 valence electrons. The lowest BCUT2D eigenvalue weighted by Crippen LogP contribution is -2.27. The molecule has 2 aromatic rings. The van der Waals surface area contributed by atoms with Crippen molar-refractivity contribution >= 4 is 22.9 Å². The van der Waals surface area contributed by atoms with Crippen molar-refractivity contribution in [3.63, 3.8) is 0 Å². The number of benzene rings is 1. The van der Waals surface area contributed by atoms with Crippen molar-refractivity contribution in [2.24, 2.45) is 0 Å². The number of thiophene rings is 1. The van der Waals surface area contributed by atoms with Crippen LogP contribution in [0.5, 0.6) is 11.5 Å². The number of amides is 1. The molecule has 0 radical (unpaired) electrons. The smallest absolute Gasteiger partial charge is 0.231 e. The van der Waals surface area contributed by atoms with Crippen LogP contribution in [0, 0.1) is 0 Å². The molecule has 1 aliphatic rings.